The van der Waals surface area contributed by atoms with Crippen LogP contribution in [0.25, 0.3) is 0 Å². The lowest BCUT2D eigenvalue weighted by atomic mass is 9.93. The fourth-order valence-electron chi connectivity index (χ4n) is 2.22. The minimum Gasteiger partial charge on any atom is -0.480 e. The first-order chi connectivity index (χ1) is 7.54. The highest BCUT2D eigenvalue weighted by atomic mass is 16.5. The van der Waals surface area contributed by atoms with Crippen LogP contribution in [-0.2, 0) is 9.53 Å². The van der Waals surface area contributed by atoms with E-state index in [1.807, 2.05) is 0 Å². The van der Waals surface area contributed by atoms with Crippen LogP contribution in [0.3, 0.4) is 0 Å². The summed E-state index contributed by atoms with van der Waals surface area (Å²) in [4.78, 5) is 13.3. The zero-order chi connectivity index (χ0) is 12.1. The first-order valence-electron chi connectivity index (χ1n) is 5.71. The molecular formula is C11H22N2O3. The Morgan fingerprint density at radius 1 is 1.69 bits per heavy atom. The third-order valence-corrected chi connectivity index (χ3v) is 3.16. The Kier molecular flexibility index (Phi) is 5.18. The van der Waals surface area contributed by atoms with Crippen molar-refractivity contribution in [3.05, 3.63) is 0 Å². The van der Waals surface area contributed by atoms with Crippen LogP contribution >= 0.6 is 0 Å². The van der Waals surface area contributed by atoms with Crippen LogP contribution in [0.5, 0.6) is 0 Å². The summed E-state index contributed by atoms with van der Waals surface area (Å²) >= 11 is 0. The first kappa shape index (κ1) is 13.4. The van der Waals surface area contributed by atoms with Crippen LogP contribution in [0.15, 0.2) is 0 Å². The van der Waals surface area contributed by atoms with Crippen molar-refractivity contribution in [2.45, 2.75) is 25.4 Å². The van der Waals surface area contributed by atoms with E-state index in [2.05, 4.69) is 24.2 Å². The van der Waals surface area contributed by atoms with E-state index in [9.17, 15) is 4.79 Å². The second-order valence-corrected chi connectivity index (χ2v) is 4.65. The van der Waals surface area contributed by atoms with Crippen molar-refractivity contribution < 1.29 is 14.6 Å². The van der Waals surface area contributed by atoms with E-state index in [1.54, 1.807) is 0 Å². The zero-order valence-electron chi connectivity index (χ0n) is 10.3. The van der Waals surface area contributed by atoms with E-state index < -0.39 is 12.0 Å². The molecule has 0 aromatic rings. The number of piperidine rings is 1. The Bertz CT molecular complexity index is 235. The predicted octanol–water partition coefficient (Wildman–Crippen LogP) is 0.0158. The van der Waals surface area contributed by atoms with Crippen LogP contribution in [0.4, 0.5) is 0 Å². The van der Waals surface area contributed by atoms with Crippen molar-refractivity contribution in [2.75, 3.05) is 33.9 Å². The van der Waals surface area contributed by atoms with Gasteiger partial charge in [0.2, 0.25) is 0 Å². The molecule has 1 fully saturated rings. The van der Waals surface area contributed by atoms with E-state index in [-0.39, 0.29) is 12.6 Å². The predicted molar refractivity (Wildman–Crippen MR) is 61.5 cm³/mol. The number of rotatable bonds is 5. The van der Waals surface area contributed by atoms with E-state index in [0.29, 0.717) is 5.92 Å². The van der Waals surface area contributed by atoms with E-state index in [4.69, 9.17) is 9.84 Å². The number of nitrogens with one attached hydrogen (secondary N) is 1. The lowest BCUT2D eigenvalue weighted by Gasteiger charge is -2.36. The molecule has 0 spiro atoms. The van der Waals surface area contributed by atoms with Gasteiger partial charge >= 0.3 is 5.97 Å². The van der Waals surface area contributed by atoms with Crippen molar-refractivity contribution >= 4 is 5.97 Å². The van der Waals surface area contributed by atoms with Crippen molar-refractivity contribution in [3.8, 4) is 0 Å². The van der Waals surface area contributed by atoms with Gasteiger partial charge in [0.1, 0.15) is 6.04 Å². The molecule has 5 nitrogen and oxygen atoms in total. The van der Waals surface area contributed by atoms with Gasteiger partial charge in [-0.05, 0) is 25.9 Å². The summed E-state index contributed by atoms with van der Waals surface area (Å²) in [5.74, 6) is -0.370. The molecule has 0 saturated carbocycles. The van der Waals surface area contributed by atoms with E-state index in [1.165, 1.54) is 7.11 Å². The van der Waals surface area contributed by atoms with Gasteiger partial charge in [-0.2, -0.15) is 0 Å². The minimum absolute atomic E-state index is 0.217. The Balaban J connectivity index is 2.47. The van der Waals surface area contributed by atoms with Gasteiger partial charge < -0.3 is 14.7 Å². The number of likely N-dealkylation sites (tertiary alicyclic amines) is 1. The maximum atomic E-state index is 11.0. The van der Waals surface area contributed by atoms with Gasteiger partial charge in [-0.1, -0.05) is 6.92 Å². The van der Waals surface area contributed by atoms with Crippen molar-refractivity contribution in [2.24, 2.45) is 5.92 Å². The maximum Gasteiger partial charge on any atom is 0.323 e. The quantitative estimate of drug-likeness (QED) is 0.697. The molecule has 1 saturated heterocycles. The SMILES string of the molecule is COCC(NC1CCN(C)CC1C)C(=O)O. The number of nitrogens with zero attached hydrogens (tertiary/aromatic N) is 1. The molecule has 2 N–H and O–H groups in total. The normalized spacial score (nSPS) is 28.9. The van der Waals surface area contributed by atoms with Gasteiger partial charge in [0.15, 0.2) is 0 Å². The highest BCUT2D eigenvalue weighted by Crippen LogP contribution is 2.15. The van der Waals surface area contributed by atoms with E-state index >= 15 is 0 Å². The van der Waals surface area contributed by atoms with Crippen molar-refractivity contribution in [3.63, 3.8) is 0 Å². The summed E-state index contributed by atoms with van der Waals surface area (Å²) in [6, 6.07) is -0.326. The Hall–Kier alpha value is -0.650. The molecule has 0 aromatic heterocycles. The molecule has 0 bridgehead atoms. The van der Waals surface area contributed by atoms with Gasteiger partial charge in [-0.3, -0.25) is 10.1 Å². The van der Waals surface area contributed by atoms with Crippen LogP contribution in [0, 0.1) is 5.92 Å². The summed E-state index contributed by atoms with van der Waals surface area (Å²) in [6.45, 7) is 4.39. The first-order valence-corrected chi connectivity index (χ1v) is 5.71. The van der Waals surface area contributed by atoms with Crippen LogP contribution in [-0.4, -0.2) is 61.9 Å². The molecule has 0 radical (unpaired) electrons. The second-order valence-electron chi connectivity index (χ2n) is 4.65. The van der Waals surface area contributed by atoms with Gasteiger partial charge in [-0.25, -0.2) is 0 Å². The van der Waals surface area contributed by atoms with Crippen LogP contribution in [0.2, 0.25) is 0 Å². The highest BCUT2D eigenvalue weighted by Gasteiger charge is 2.28. The second kappa shape index (κ2) is 6.18. The van der Waals surface area contributed by atoms with Crippen LogP contribution < -0.4 is 5.32 Å². The van der Waals surface area contributed by atoms with Gasteiger partial charge in [0.05, 0.1) is 6.61 Å². The molecule has 1 aliphatic heterocycles. The number of carboxylic acid groups (broad SMARTS) is 1. The lowest BCUT2D eigenvalue weighted by molar-refractivity contribution is -0.141. The number of hydrogen-bond donors (Lipinski definition) is 2. The molecule has 0 aliphatic carbocycles. The smallest absolute Gasteiger partial charge is 0.323 e. The maximum absolute atomic E-state index is 11.0. The summed E-state index contributed by atoms with van der Waals surface area (Å²) in [7, 11) is 3.62. The summed E-state index contributed by atoms with van der Waals surface area (Å²) in [5.41, 5.74) is 0. The molecule has 94 valence electrons. The van der Waals surface area contributed by atoms with E-state index in [0.717, 1.165) is 19.5 Å². The average molecular weight is 230 g/mol. The van der Waals surface area contributed by atoms with Gasteiger partial charge in [-0.15, -0.1) is 0 Å². The molecule has 0 amide bonds. The standard InChI is InChI=1S/C11H22N2O3/c1-8-6-13(2)5-4-9(8)12-10(7-16-3)11(14)15/h8-10,12H,4-7H2,1-3H3,(H,14,15). The summed E-state index contributed by atoms with van der Waals surface area (Å²) in [6.07, 6.45) is 0.991. The molecule has 5 heteroatoms. The van der Waals surface area contributed by atoms with Crippen LogP contribution in [0.1, 0.15) is 13.3 Å². The zero-order valence-corrected chi connectivity index (χ0v) is 10.3. The molecule has 3 unspecified atom stereocenters. The molecule has 3 atom stereocenters. The largest absolute Gasteiger partial charge is 0.480 e. The average Bonchev–Trinajstić information content (AvgIpc) is 2.20. The highest BCUT2D eigenvalue weighted by molar-refractivity contribution is 5.73. The molecule has 16 heavy (non-hydrogen) atoms. The van der Waals surface area contributed by atoms with Crippen molar-refractivity contribution in [1.82, 2.24) is 10.2 Å². The molecular weight excluding hydrogens is 208 g/mol. The lowest BCUT2D eigenvalue weighted by Crippen LogP contribution is -2.53. The number of methoxy groups -OCH3 is 1. The third kappa shape index (κ3) is 3.73. The summed E-state index contributed by atoms with van der Waals surface area (Å²) in [5, 5.41) is 12.2. The monoisotopic (exact) mass is 230 g/mol. The fourth-order valence-corrected chi connectivity index (χ4v) is 2.22. The molecule has 1 heterocycles. The minimum atomic E-state index is -0.840. The fraction of sp³-hybridized carbons (Fsp3) is 0.909. The Labute approximate surface area is 96.8 Å². The van der Waals surface area contributed by atoms with Gasteiger partial charge in [0, 0.05) is 19.7 Å². The number of carboxylic acids is 1. The number of ether oxygens (including phenoxy) is 1. The molecule has 0 aromatic carbocycles. The summed E-state index contributed by atoms with van der Waals surface area (Å²) < 4.78 is 4.91. The number of hydrogen-bond acceptors (Lipinski definition) is 4. The number of aliphatic carboxylic acids is 1. The Morgan fingerprint density at radius 3 is 2.88 bits per heavy atom. The van der Waals surface area contributed by atoms with Gasteiger partial charge in [0.25, 0.3) is 0 Å². The molecule has 1 aliphatic rings. The number of carbonyl (C=O) groups is 1. The topological polar surface area (TPSA) is 61.8 Å². The third-order valence-electron chi connectivity index (χ3n) is 3.16. The Morgan fingerprint density at radius 2 is 2.38 bits per heavy atom. The molecule has 1 rings (SSSR count). The van der Waals surface area contributed by atoms with Crippen molar-refractivity contribution in [1.29, 1.82) is 0 Å².